The molecule has 0 radical (unpaired) electrons. The zero-order valence-electron chi connectivity index (χ0n) is 9.64. The standard InChI is InChI=1S/C12H15N3OS/c1-7-11(4-5-16-7)17-12-14-9-3-2-8(13)6-10(9)15-12/h2-3,6-7,11H,4-5,13H2,1H3,(H,14,15). The first-order valence-electron chi connectivity index (χ1n) is 5.76. The van der Waals surface area contributed by atoms with Gasteiger partial charge in [0.15, 0.2) is 5.16 Å². The lowest BCUT2D eigenvalue weighted by molar-refractivity contribution is 0.127. The van der Waals surface area contributed by atoms with E-state index in [9.17, 15) is 0 Å². The molecule has 1 aliphatic rings. The molecule has 2 unspecified atom stereocenters. The van der Waals surface area contributed by atoms with Crippen molar-refractivity contribution in [3.63, 3.8) is 0 Å². The maximum atomic E-state index is 5.74. The Labute approximate surface area is 104 Å². The Morgan fingerprint density at radius 1 is 1.53 bits per heavy atom. The van der Waals surface area contributed by atoms with Gasteiger partial charge in [-0.15, -0.1) is 0 Å². The first kappa shape index (κ1) is 10.9. The summed E-state index contributed by atoms with van der Waals surface area (Å²) in [6.45, 7) is 2.97. The third-order valence-corrected chi connectivity index (χ3v) is 4.39. The number of thioether (sulfide) groups is 1. The minimum Gasteiger partial charge on any atom is -0.399 e. The fourth-order valence-electron chi connectivity index (χ4n) is 2.07. The average Bonchev–Trinajstić information content (AvgIpc) is 2.85. The lowest BCUT2D eigenvalue weighted by Gasteiger charge is -2.10. The predicted octanol–water partition coefficient (Wildman–Crippen LogP) is 2.41. The number of ether oxygens (including phenoxy) is 1. The Hall–Kier alpha value is -1.20. The van der Waals surface area contributed by atoms with E-state index in [1.54, 1.807) is 11.8 Å². The number of nitrogens with zero attached hydrogens (tertiary/aromatic N) is 1. The molecule has 0 saturated carbocycles. The topological polar surface area (TPSA) is 63.9 Å². The van der Waals surface area contributed by atoms with Crippen LogP contribution in [0.3, 0.4) is 0 Å². The van der Waals surface area contributed by atoms with E-state index in [2.05, 4.69) is 16.9 Å². The molecule has 5 heteroatoms. The number of nitrogens with one attached hydrogen (secondary N) is 1. The minimum atomic E-state index is 0.304. The lowest BCUT2D eigenvalue weighted by Crippen LogP contribution is -2.13. The van der Waals surface area contributed by atoms with E-state index in [1.807, 2.05) is 18.2 Å². The highest BCUT2D eigenvalue weighted by atomic mass is 32.2. The molecule has 17 heavy (non-hydrogen) atoms. The number of H-pyrrole nitrogens is 1. The van der Waals surface area contributed by atoms with Gasteiger partial charge in [-0.1, -0.05) is 11.8 Å². The Bertz CT molecular complexity index is 540. The normalized spacial score (nSPS) is 24.5. The molecule has 1 aromatic carbocycles. The van der Waals surface area contributed by atoms with Gasteiger partial charge in [0.2, 0.25) is 0 Å². The molecule has 1 fully saturated rings. The quantitative estimate of drug-likeness (QED) is 0.802. The number of rotatable bonds is 2. The number of fused-ring (bicyclic) bond motifs is 1. The van der Waals surface area contributed by atoms with Crippen LogP contribution in [-0.4, -0.2) is 27.9 Å². The van der Waals surface area contributed by atoms with Gasteiger partial charge in [0.05, 0.1) is 17.1 Å². The second-order valence-electron chi connectivity index (χ2n) is 4.34. The van der Waals surface area contributed by atoms with Gasteiger partial charge in [0.25, 0.3) is 0 Å². The fraction of sp³-hybridized carbons (Fsp3) is 0.417. The van der Waals surface area contributed by atoms with Crippen LogP contribution in [0.1, 0.15) is 13.3 Å². The van der Waals surface area contributed by atoms with E-state index in [0.29, 0.717) is 11.4 Å². The Morgan fingerprint density at radius 3 is 3.18 bits per heavy atom. The van der Waals surface area contributed by atoms with Crippen molar-refractivity contribution < 1.29 is 4.74 Å². The van der Waals surface area contributed by atoms with Gasteiger partial charge >= 0.3 is 0 Å². The van der Waals surface area contributed by atoms with E-state index in [1.165, 1.54) is 0 Å². The van der Waals surface area contributed by atoms with Crippen LogP contribution in [0.4, 0.5) is 5.69 Å². The molecule has 0 aliphatic carbocycles. The molecule has 0 spiro atoms. The van der Waals surface area contributed by atoms with E-state index < -0.39 is 0 Å². The van der Waals surface area contributed by atoms with Gasteiger partial charge in [0.1, 0.15) is 0 Å². The molecule has 3 N–H and O–H groups in total. The van der Waals surface area contributed by atoms with Crippen LogP contribution in [-0.2, 0) is 4.74 Å². The minimum absolute atomic E-state index is 0.304. The SMILES string of the molecule is CC1OCCC1Sc1nc2ccc(N)cc2[nH]1. The van der Waals surface area contributed by atoms with Crippen molar-refractivity contribution >= 4 is 28.5 Å². The monoisotopic (exact) mass is 249 g/mol. The van der Waals surface area contributed by atoms with Gasteiger partial charge in [-0.25, -0.2) is 4.98 Å². The predicted molar refractivity (Wildman–Crippen MR) is 70.2 cm³/mol. The second-order valence-corrected chi connectivity index (χ2v) is 5.57. The van der Waals surface area contributed by atoms with Crippen LogP contribution in [0, 0.1) is 0 Å². The Kier molecular flexibility index (Phi) is 2.72. The summed E-state index contributed by atoms with van der Waals surface area (Å²) in [5.41, 5.74) is 8.47. The molecule has 2 heterocycles. The van der Waals surface area contributed by atoms with Crippen molar-refractivity contribution in [1.29, 1.82) is 0 Å². The number of aromatic amines is 1. The number of imidazole rings is 1. The third kappa shape index (κ3) is 2.12. The van der Waals surface area contributed by atoms with E-state index in [4.69, 9.17) is 10.5 Å². The van der Waals surface area contributed by atoms with Crippen LogP contribution in [0.2, 0.25) is 0 Å². The zero-order chi connectivity index (χ0) is 11.8. The number of hydrogen-bond donors (Lipinski definition) is 2. The molecule has 2 atom stereocenters. The smallest absolute Gasteiger partial charge is 0.166 e. The summed E-state index contributed by atoms with van der Waals surface area (Å²) in [6.07, 6.45) is 1.39. The summed E-state index contributed by atoms with van der Waals surface area (Å²) in [5, 5.41) is 1.45. The summed E-state index contributed by atoms with van der Waals surface area (Å²) < 4.78 is 5.55. The number of nitrogen functional groups attached to an aromatic ring is 1. The van der Waals surface area contributed by atoms with E-state index in [-0.39, 0.29) is 0 Å². The maximum Gasteiger partial charge on any atom is 0.166 e. The van der Waals surface area contributed by atoms with Crippen LogP contribution in [0.15, 0.2) is 23.4 Å². The van der Waals surface area contributed by atoms with Crippen LogP contribution >= 0.6 is 11.8 Å². The molecular weight excluding hydrogens is 234 g/mol. The largest absolute Gasteiger partial charge is 0.399 e. The van der Waals surface area contributed by atoms with Crippen molar-refractivity contribution in [2.75, 3.05) is 12.3 Å². The van der Waals surface area contributed by atoms with Crippen molar-refractivity contribution in [2.24, 2.45) is 0 Å². The molecule has 4 nitrogen and oxygen atoms in total. The van der Waals surface area contributed by atoms with E-state index in [0.717, 1.165) is 34.9 Å². The van der Waals surface area contributed by atoms with Gasteiger partial charge < -0.3 is 15.5 Å². The highest BCUT2D eigenvalue weighted by Gasteiger charge is 2.26. The molecule has 1 aromatic heterocycles. The summed E-state index contributed by atoms with van der Waals surface area (Å²) in [6, 6.07) is 5.74. The summed E-state index contributed by atoms with van der Waals surface area (Å²) >= 11 is 1.76. The Morgan fingerprint density at radius 2 is 2.41 bits per heavy atom. The summed E-state index contributed by atoms with van der Waals surface area (Å²) in [4.78, 5) is 7.85. The fourth-order valence-corrected chi connectivity index (χ4v) is 3.16. The van der Waals surface area contributed by atoms with Crippen molar-refractivity contribution in [1.82, 2.24) is 9.97 Å². The second kappa shape index (κ2) is 4.23. The number of hydrogen-bond acceptors (Lipinski definition) is 4. The Balaban J connectivity index is 1.85. The van der Waals surface area contributed by atoms with Crippen molar-refractivity contribution in [2.45, 2.75) is 29.9 Å². The molecule has 90 valence electrons. The van der Waals surface area contributed by atoms with Gasteiger partial charge in [-0.05, 0) is 31.5 Å². The number of anilines is 1. The average molecular weight is 249 g/mol. The number of nitrogens with two attached hydrogens (primary N) is 1. The van der Waals surface area contributed by atoms with E-state index >= 15 is 0 Å². The van der Waals surface area contributed by atoms with Crippen LogP contribution in [0.25, 0.3) is 11.0 Å². The third-order valence-electron chi connectivity index (χ3n) is 3.05. The first-order chi connectivity index (χ1) is 8.22. The molecule has 0 bridgehead atoms. The summed E-state index contributed by atoms with van der Waals surface area (Å²) in [5.74, 6) is 0. The molecular formula is C12H15N3OS. The number of benzene rings is 1. The van der Waals surface area contributed by atoms with Gasteiger partial charge in [-0.3, -0.25) is 0 Å². The molecule has 1 saturated heterocycles. The van der Waals surface area contributed by atoms with Crippen LogP contribution in [0.5, 0.6) is 0 Å². The van der Waals surface area contributed by atoms with Crippen LogP contribution < -0.4 is 5.73 Å². The number of aromatic nitrogens is 2. The molecule has 3 rings (SSSR count). The lowest BCUT2D eigenvalue weighted by atomic mass is 10.3. The van der Waals surface area contributed by atoms with Crippen molar-refractivity contribution in [3.8, 4) is 0 Å². The first-order valence-corrected chi connectivity index (χ1v) is 6.64. The highest BCUT2D eigenvalue weighted by molar-refractivity contribution is 7.99. The zero-order valence-corrected chi connectivity index (χ0v) is 10.5. The maximum absolute atomic E-state index is 5.74. The van der Waals surface area contributed by atoms with Gasteiger partial charge in [-0.2, -0.15) is 0 Å². The van der Waals surface area contributed by atoms with Crippen molar-refractivity contribution in [3.05, 3.63) is 18.2 Å². The molecule has 2 aromatic rings. The molecule has 1 aliphatic heterocycles. The van der Waals surface area contributed by atoms with Gasteiger partial charge in [0, 0.05) is 17.5 Å². The molecule has 0 amide bonds. The summed E-state index contributed by atoms with van der Waals surface area (Å²) in [7, 11) is 0. The highest BCUT2D eigenvalue weighted by Crippen LogP contribution is 2.32.